The number of aromatic nitrogens is 4. The topological polar surface area (TPSA) is 64.7 Å². The molecule has 0 radical (unpaired) electrons. The van der Waals surface area contributed by atoms with Gasteiger partial charge in [0, 0.05) is 25.2 Å². The maximum atomic E-state index is 13.0. The first-order valence-corrected chi connectivity index (χ1v) is 6.68. The molecule has 1 aliphatic rings. The fourth-order valence-electron chi connectivity index (χ4n) is 2.13. The summed E-state index contributed by atoms with van der Waals surface area (Å²) in [4.78, 5) is 11.9. The van der Waals surface area contributed by atoms with Crippen LogP contribution < -0.4 is 5.32 Å². The molecule has 0 atom stereocenters. The van der Waals surface area contributed by atoms with Gasteiger partial charge in [-0.25, -0.2) is 8.78 Å². The zero-order valence-electron chi connectivity index (χ0n) is 11.5. The summed E-state index contributed by atoms with van der Waals surface area (Å²) in [7, 11) is 1.72. The van der Waals surface area contributed by atoms with Crippen molar-refractivity contribution in [2.75, 3.05) is 5.32 Å². The molecule has 2 aromatic heterocycles. The Labute approximate surface area is 119 Å². The number of alkyl halides is 2. The van der Waals surface area contributed by atoms with E-state index in [9.17, 15) is 13.6 Å². The summed E-state index contributed by atoms with van der Waals surface area (Å²) in [5.41, 5.74) is 0.434. The van der Waals surface area contributed by atoms with Crippen LogP contribution in [0.5, 0.6) is 0 Å². The van der Waals surface area contributed by atoms with Crippen LogP contribution in [-0.4, -0.2) is 25.5 Å². The summed E-state index contributed by atoms with van der Waals surface area (Å²) in [6.45, 7) is -0.247. The minimum Gasteiger partial charge on any atom is -0.308 e. The molecule has 1 amide bonds. The second-order valence-corrected chi connectivity index (χ2v) is 5.15. The molecule has 21 heavy (non-hydrogen) atoms. The standard InChI is InChI=1S/C13H15F2N5O/c1-19-5-4-11(18-19)16-12(21)7-20-10(13(14)15)6-9(17-20)8-2-3-8/h4-6,8,13H,2-3,7H2,1H3,(H,16,18,21). The van der Waals surface area contributed by atoms with Crippen LogP contribution >= 0.6 is 0 Å². The summed E-state index contributed by atoms with van der Waals surface area (Å²) >= 11 is 0. The van der Waals surface area contributed by atoms with Crippen LogP contribution in [-0.2, 0) is 18.4 Å². The third-order valence-electron chi connectivity index (χ3n) is 3.32. The van der Waals surface area contributed by atoms with Crippen LogP contribution in [0.4, 0.5) is 14.6 Å². The Bertz CT molecular complexity index is 659. The van der Waals surface area contributed by atoms with E-state index in [2.05, 4.69) is 15.5 Å². The van der Waals surface area contributed by atoms with Gasteiger partial charge in [0.25, 0.3) is 6.43 Å². The summed E-state index contributed by atoms with van der Waals surface area (Å²) in [5.74, 6) is 0.222. The first-order valence-electron chi connectivity index (χ1n) is 6.68. The van der Waals surface area contributed by atoms with E-state index in [4.69, 9.17) is 0 Å². The number of amides is 1. The summed E-state index contributed by atoms with van der Waals surface area (Å²) in [6.07, 6.45) is 0.978. The number of hydrogen-bond acceptors (Lipinski definition) is 3. The highest BCUT2D eigenvalue weighted by Gasteiger charge is 2.29. The molecule has 0 spiro atoms. The molecule has 0 aromatic carbocycles. The van der Waals surface area contributed by atoms with E-state index >= 15 is 0 Å². The minimum atomic E-state index is -2.65. The van der Waals surface area contributed by atoms with Crippen LogP contribution in [0.25, 0.3) is 0 Å². The van der Waals surface area contributed by atoms with Crippen molar-refractivity contribution in [2.45, 2.75) is 31.7 Å². The second kappa shape index (κ2) is 5.27. The summed E-state index contributed by atoms with van der Waals surface area (Å²) in [6, 6.07) is 3.03. The number of anilines is 1. The summed E-state index contributed by atoms with van der Waals surface area (Å²) in [5, 5.41) is 10.7. The molecular weight excluding hydrogens is 280 g/mol. The molecular formula is C13H15F2N5O. The predicted octanol–water partition coefficient (Wildman–Crippen LogP) is 2.07. The number of rotatable bonds is 5. The normalized spacial score (nSPS) is 14.7. The number of halogens is 2. The maximum Gasteiger partial charge on any atom is 0.280 e. The van der Waals surface area contributed by atoms with E-state index in [1.165, 1.54) is 6.07 Å². The highest BCUT2D eigenvalue weighted by atomic mass is 19.3. The van der Waals surface area contributed by atoms with Crippen LogP contribution in [0.3, 0.4) is 0 Å². The molecule has 8 heteroatoms. The molecule has 0 bridgehead atoms. The van der Waals surface area contributed by atoms with Crippen molar-refractivity contribution in [3.05, 3.63) is 29.7 Å². The lowest BCUT2D eigenvalue weighted by Gasteiger charge is -2.06. The third kappa shape index (κ3) is 3.09. The van der Waals surface area contributed by atoms with Crippen molar-refractivity contribution in [1.82, 2.24) is 19.6 Å². The number of carbonyl (C=O) groups excluding carboxylic acids is 1. The number of hydrogen-bond donors (Lipinski definition) is 1. The Morgan fingerprint density at radius 1 is 1.48 bits per heavy atom. The van der Waals surface area contributed by atoms with Crippen molar-refractivity contribution in [3.8, 4) is 0 Å². The predicted molar refractivity (Wildman–Crippen MR) is 71.0 cm³/mol. The van der Waals surface area contributed by atoms with E-state index in [0.717, 1.165) is 17.5 Å². The Kier molecular flexibility index (Phi) is 3.44. The van der Waals surface area contributed by atoms with Gasteiger partial charge in [0.15, 0.2) is 5.82 Å². The lowest BCUT2D eigenvalue weighted by molar-refractivity contribution is -0.117. The van der Waals surface area contributed by atoms with E-state index in [0.29, 0.717) is 11.5 Å². The molecule has 0 saturated heterocycles. The molecule has 6 nitrogen and oxygen atoms in total. The highest BCUT2D eigenvalue weighted by Crippen LogP contribution is 2.40. The number of aryl methyl sites for hydroxylation is 1. The van der Waals surface area contributed by atoms with Gasteiger partial charge in [-0.1, -0.05) is 0 Å². The van der Waals surface area contributed by atoms with E-state index in [1.54, 1.807) is 24.0 Å². The van der Waals surface area contributed by atoms with Crippen molar-refractivity contribution >= 4 is 11.7 Å². The quantitative estimate of drug-likeness (QED) is 0.918. The molecule has 1 saturated carbocycles. The van der Waals surface area contributed by atoms with Crippen molar-refractivity contribution in [1.29, 1.82) is 0 Å². The van der Waals surface area contributed by atoms with Crippen molar-refractivity contribution in [3.63, 3.8) is 0 Å². The highest BCUT2D eigenvalue weighted by molar-refractivity contribution is 5.89. The van der Waals surface area contributed by atoms with Crippen molar-refractivity contribution in [2.24, 2.45) is 7.05 Å². The fraction of sp³-hybridized carbons (Fsp3) is 0.462. The van der Waals surface area contributed by atoms with Crippen LogP contribution in [0.15, 0.2) is 18.3 Å². The van der Waals surface area contributed by atoms with Gasteiger partial charge < -0.3 is 5.32 Å². The largest absolute Gasteiger partial charge is 0.308 e. The molecule has 112 valence electrons. The van der Waals surface area contributed by atoms with Gasteiger partial charge in [-0.3, -0.25) is 14.2 Å². The van der Waals surface area contributed by atoms with E-state index in [1.807, 2.05) is 0 Å². The third-order valence-corrected chi connectivity index (χ3v) is 3.32. The number of nitrogens with one attached hydrogen (secondary N) is 1. The second-order valence-electron chi connectivity index (χ2n) is 5.15. The minimum absolute atomic E-state index is 0.215. The zero-order valence-corrected chi connectivity index (χ0v) is 11.5. The van der Waals surface area contributed by atoms with E-state index in [-0.39, 0.29) is 18.2 Å². The van der Waals surface area contributed by atoms with Crippen molar-refractivity contribution < 1.29 is 13.6 Å². The molecule has 1 N–H and O–H groups in total. The molecule has 3 rings (SSSR count). The van der Waals surface area contributed by atoms with Gasteiger partial charge in [0.05, 0.1) is 5.69 Å². The van der Waals surface area contributed by atoms with Gasteiger partial charge in [-0.15, -0.1) is 0 Å². The van der Waals surface area contributed by atoms with Gasteiger partial charge >= 0.3 is 0 Å². The van der Waals surface area contributed by atoms with Crippen LogP contribution in [0.2, 0.25) is 0 Å². The van der Waals surface area contributed by atoms with Gasteiger partial charge in [0.2, 0.25) is 5.91 Å². The average molecular weight is 295 g/mol. The van der Waals surface area contributed by atoms with Gasteiger partial charge in [0.1, 0.15) is 12.2 Å². The van der Waals surface area contributed by atoms with E-state index < -0.39 is 12.3 Å². The lowest BCUT2D eigenvalue weighted by atomic mass is 10.3. The van der Waals surface area contributed by atoms with Gasteiger partial charge in [-0.05, 0) is 18.9 Å². The number of nitrogens with zero attached hydrogens (tertiary/aromatic N) is 4. The Morgan fingerprint density at radius 3 is 2.81 bits per heavy atom. The Hall–Kier alpha value is -2.25. The molecule has 1 aliphatic carbocycles. The molecule has 1 fully saturated rings. The smallest absolute Gasteiger partial charge is 0.280 e. The molecule has 2 aromatic rings. The van der Waals surface area contributed by atoms with Gasteiger partial charge in [-0.2, -0.15) is 10.2 Å². The SMILES string of the molecule is Cn1ccc(NC(=O)Cn2nc(C3CC3)cc2C(F)F)n1. The monoisotopic (exact) mass is 295 g/mol. The molecule has 0 unspecified atom stereocenters. The molecule has 0 aliphatic heterocycles. The van der Waals surface area contributed by atoms with Crippen LogP contribution in [0.1, 0.15) is 36.6 Å². The summed E-state index contributed by atoms with van der Waals surface area (Å²) < 4.78 is 28.6. The Balaban J connectivity index is 1.72. The number of carbonyl (C=O) groups is 1. The zero-order chi connectivity index (χ0) is 15.0. The van der Waals surface area contributed by atoms with Crippen LogP contribution in [0, 0.1) is 0 Å². The molecule has 2 heterocycles. The first-order chi connectivity index (χ1) is 10.0. The fourth-order valence-corrected chi connectivity index (χ4v) is 2.13. The first kappa shape index (κ1) is 13.7. The average Bonchev–Trinajstić information content (AvgIpc) is 3.06. The lowest BCUT2D eigenvalue weighted by Crippen LogP contribution is -2.21. The maximum absolute atomic E-state index is 13.0. The Morgan fingerprint density at radius 2 is 2.24 bits per heavy atom.